The predicted molar refractivity (Wildman–Crippen MR) is 119 cm³/mol. The van der Waals surface area contributed by atoms with Gasteiger partial charge in [0.2, 0.25) is 0 Å². The van der Waals surface area contributed by atoms with Crippen LogP contribution in [-0.2, 0) is 9.36 Å². The van der Waals surface area contributed by atoms with Gasteiger partial charge in [-0.25, -0.2) is 0 Å². The van der Waals surface area contributed by atoms with Gasteiger partial charge in [-0.3, -0.25) is 4.79 Å². The lowest BCUT2D eigenvalue weighted by molar-refractivity contribution is -0.119. The molecule has 0 fully saturated rings. The third kappa shape index (κ3) is 3.79. The maximum Gasteiger partial charge on any atom is 0.156 e. The van der Waals surface area contributed by atoms with Crippen LogP contribution < -0.4 is 10.6 Å². The number of ketones is 1. The minimum Gasteiger partial charge on any atom is -0.313 e. The molecule has 0 bridgehead atoms. The molecule has 0 saturated carbocycles. The van der Waals surface area contributed by atoms with Crippen LogP contribution in [0.3, 0.4) is 0 Å². The van der Waals surface area contributed by atoms with E-state index in [1.54, 1.807) is 6.92 Å². The van der Waals surface area contributed by atoms with Crippen molar-refractivity contribution >= 4 is 29.6 Å². The van der Waals surface area contributed by atoms with Crippen LogP contribution >= 0.6 is 7.14 Å². The van der Waals surface area contributed by atoms with Crippen molar-refractivity contribution in [3.8, 4) is 0 Å². The number of Topliss-reactive ketones (excluding diaryl/α,β-unsaturated/α-hetero) is 1. The van der Waals surface area contributed by atoms with E-state index in [1.807, 2.05) is 110 Å². The summed E-state index contributed by atoms with van der Waals surface area (Å²) in [6, 6.07) is 28.7. The molecule has 0 heterocycles. The second-order valence-corrected chi connectivity index (χ2v) is 10.4. The van der Waals surface area contributed by atoms with Gasteiger partial charge >= 0.3 is 0 Å². The van der Waals surface area contributed by atoms with E-state index in [9.17, 15) is 9.36 Å². The Balaban J connectivity index is 2.10. The highest BCUT2D eigenvalue weighted by molar-refractivity contribution is 7.80. The van der Waals surface area contributed by atoms with Crippen LogP contribution in [0.15, 0.2) is 97.1 Å². The molecule has 0 saturated heterocycles. The number of rotatable bonds is 7. The molecular weight excluding hydrogens is 363 g/mol. The fraction of sp³-hybridized carbons (Fsp3) is 0.160. The first-order chi connectivity index (χ1) is 13.5. The number of benzene rings is 3. The van der Waals surface area contributed by atoms with E-state index >= 15 is 0 Å². The Morgan fingerprint density at radius 3 is 1.68 bits per heavy atom. The summed E-state index contributed by atoms with van der Waals surface area (Å²) < 4.78 is 14.7. The quantitative estimate of drug-likeness (QED) is 0.504. The lowest BCUT2D eigenvalue weighted by Gasteiger charge is -2.36. The molecule has 0 aromatic heterocycles. The first-order valence-electron chi connectivity index (χ1n) is 9.42. The lowest BCUT2D eigenvalue weighted by Crippen LogP contribution is -2.41. The fourth-order valence-electron chi connectivity index (χ4n) is 3.48. The van der Waals surface area contributed by atoms with Crippen LogP contribution in [0, 0.1) is 0 Å². The average Bonchev–Trinajstić information content (AvgIpc) is 2.75. The third-order valence-electron chi connectivity index (χ3n) is 5.32. The summed E-state index contributed by atoms with van der Waals surface area (Å²) in [5, 5.41) is 0.403. The number of allylic oxidation sites excluding steroid dienone is 1. The van der Waals surface area contributed by atoms with E-state index in [2.05, 4.69) is 0 Å². The summed E-state index contributed by atoms with van der Waals surface area (Å²) in [5.74, 6) is -0.0683. The van der Waals surface area contributed by atoms with Crippen molar-refractivity contribution in [2.75, 3.05) is 0 Å². The van der Waals surface area contributed by atoms with E-state index < -0.39 is 12.3 Å². The van der Waals surface area contributed by atoms with Crippen molar-refractivity contribution in [1.29, 1.82) is 0 Å². The minimum absolute atomic E-state index is 0.0683. The van der Waals surface area contributed by atoms with Crippen molar-refractivity contribution in [3.63, 3.8) is 0 Å². The summed E-state index contributed by atoms with van der Waals surface area (Å²) >= 11 is 0. The predicted octanol–water partition coefficient (Wildman–Crippen LogP) is 5.45. The Kier molecular flexibility index (Phi) is 6.11. The second-order valence-electron chi connectivity index (χ2n) is 7.13. The maximum atomic E-state index is 14.7. The van der Waals surface area contributed by atoms with Crippen molar-refractivity contribution in [1.82, 2.24) is 0 Å². The van der Waals surface area contributed by atoms with Crippen LogP contribution in [0.4, 0.5) is 0 Å². The van der Waals surface area contributed by atoms with E-state index in [-0.39, 0.29) is 5.78 Å². The molecule has 2 nitrogen and oxygen atoms in total. The Hall–Kier alpha value is -2.70. The van der Waals surface area contributed by atoms with Gasteiger partial charge in [0.15, 0.2) is 7.14 Å². The largest absolute Gasteiger partial charge is 0.313 e. The van der Waals surface area contributed by atoms with Gasteiger partial charge in [-0.2, -0.15) is 0 Å². The molecule has 1 atom stereocenters. The number of hydrogen-bond donors (Lipinski definition) is 0. The topological polar surface area (TPSA) is 34.1 Å². The fourth-order valence-corrected chi connectivity index (χ4v) is 6.91. The summed E-state index contributed by atoms with van der Waals surface area (Å²) in [4.78, 5) is 12.9. The molecule has 0 radical (unpaired) electrons. The summed E-state index contributed by atoms with van der Waals surface area (Å²) in [6.45, 7) is 3.39. The first kappa shape index (κ1) is 20.0. The van der Waals surface area contributed by atoms with Gasteiger partial charge in [0.25, 0.3) is 0 Å². The van der Waals surface area contributed by atoms with Crippen LogP contribution in [0.5, 0.6) is 0 Å². The molecule has 142 valence electrons. The number of hydrogen-bond acceptors (Lipinski definition) is 2. The summed E-state index contributed by atoms with van der Waals surface area (Å²) in [7, 11) is -3.22. The van der Waals surface area contributed by atoms with Gasteiger partial charge in [-0.05, 0) is 25.8 Å². The molecule has 1 unspecified atom stereocenters. The maximum absolute atomic E-state index is 14.7. The van der Waals surface area contributed by atoms with E-state index in [1.165, 1.54) is 0 Å². The van der Waals surface area contributed by atoms with Gasteiger partial charge < -0.3 is 4.57 Å². The van der Waals surface area contributed by atoms with Crippen LogP contribution in [0.2, 0.25) is 0 Å². The smallest absolute Gasteiger partial charge is 0.156 e. The van der Waals surface area contributed by atoms with Gasteiger partial charge in [-0.1, -0.05) is 103 Å². The lowest BCUT2D eigenvalue weighted by atomic mass is 10.0. The van der Waals surface area contributed by atoms with Crippen LogP contribution in [0.1, 0.15) is 25.8 Å². The molecule has 0 amide bonds. The summed E-state index contributed by atoms with van der Waals surface area (Å²) in [6.07, 6.45) is 4.36. The van der Waals surface area contributed by atoms with E-state index in [0.29, 0.717) is 17.0 Å². The Labute approximate surface area is 167 Å². The molecule has 3 rings (SSSR count). The number of carbonyl (C=O) groups excluding carboxylic acids is 1. The molecule has 3 heteroatoms. The average molecular weight is 388 g/mol. The van der Waals surface area contributed by atoms with Gasteiger partial charge in [-0.15, -0.1) is 0 Å². The minimum atomic E-state index is -3.22. The Morgan fingerprint density at radius 1 is 0.821 bits per heavy atom. The molecule has 3 aromatic carbocycles. The van der Waals surface area contributed by atoms with Crippen molar-refractivity contribution in [2.24, 2.45) is 0 Å². The first-order valence-corrected chi connectivity index (χ1v) is 11.1. The Bertz CT molecular complexity index is 951. The van der Waals surface area contributed by atoms with Crippen molar-refractivity contribution in [2.45, 2.75) is 25.4 Å². The highest BCUT2D eigenvalue weighted by atomic mass is 31.2. The second kappa shape index (κ2) is 8.54. The molecular formula is C25H25O2P. The van der Waals surface area contributed by atoms with E-state index in [0.717, 1.165) is 5.56 Å². The zero-order valence-electron chi connectivity index (χ0n) is 16.3. The van der Waals surface area contributed by atoms with Gasteiger partial charge in [0.1, 0.15) is 5.78 Å². The van der Waals surface area contributed by atoms with Crippen molar-refractivity contribution in [3.05, 3.63) is 103 Å². The summed E-state index contributed by atoms with van der Waals surface area (Å²) in [5.41, 5.74) is 1.06. The highest BCUT2D eigenvalue weighted by Gasteiger charge is 2.49. The van der Waals surface area contributed by atoms with E-state index in [4.69, 9.17) is 0 Å². The monoisotopic (exact) mass is 388 g/mol. The van der Waals surface area contributed by atoms with Crippen molar-refractivity contribution < 1.29 is 9.36 Å². The zero-order chi connectivity index (χ0) is 20.0. The molecule has 3 aromatic rings. The molecule has 0 N–H and O–H groups in total. The van der Waals surface area contributed by atoms with Gasteiger partial charge in [0, 0.05) is 10.6 Å². The zero-order valence-corrected chi connectivity index (χ0v) is 17.2. The molecule has 0 spiro atoms. The molecule has 0 aliphatic heterocycles. The van der Waals surface area contributed by atoms with Gasteiger partial charge in [0.05, 0.1) is 5.16 Å². The third-order valence-corrected chi connectivity index (χ3v) is 9.26. The molecule has 0 aliphatic carbocycles. The van der Waals surface area contributed by atoms with Crippen LogP contribution in [-0.4, -0.2) is 10.9 Å². The highest BCUT2D eigenvalue weighted by Crippen LogP contribution is 2.58. The van der Waals surface area contributed by atoms with Crippen LogP contribution in [0.25, 0.3) is 6.08 Å². The normalized spacial score (nSPS) is 13.9. The number of carbonyl (C=O) groups is 1. The standard InChI is InChI=1S/C25H25O2P/c1-21(26)25(2,20-12-15-22-13-6-3-7-14-22)28(27,23-16-8-4-9-17-23)24-18-10-5-11-19-24/h3-19H,20H2,1-2H3. The molecule has 28 heavy (non-hydrogen) atoms. The molecule has 0 aliphatic rings. The Morgan fingerprint density at radius 2 is 1.25 bits per heavy atom. The SMILES string of the molecule is CC(=O)C(C)(CC=Cc1ccccc1)P(=O)(c1ccccc1)c1ccccc1.